The number of carbonyl (C=O) groups excluding carboxylic acids is 2. The SMILES string of the molecule is CCOC(=O)[C@]1(c2ccccc2)CCC=C[C@H]1N(C)C(=O)OCC(Cl)(Cl)Cl. The summed E-state index contributed by atoms with van der Waals surface area (Å²) in [5.41, 5.74) is -0.265. The number of allylic oxidation sites excluding steroid dienone is 1. The Balaban J connectivity index is 2.40. The monoisotopic (exact) mass is 433 g/mol. The number of hydrogen-bond donors (Lipinski definition) is 0. The first-order valence-corrected chi connectivity index (χ1v) is 9.71. The van der Waals surface area contributed by atoms with Crippen molar-refractivity contribution in [1.29, 1.82) is 0 Å². The quantitative estimate of drug-likeness (QED) is 0.385. The maximum absolute atomic E-state index is 13.1. The standard InChI is InChI=1S/C19H22Cl3NO4/c1-3-26-16(24)18(14-9-5-4-6-10-14)12-8-7-11-15(18)23(2)17(25)27-13-19(20,21)22/h4-7,9-11,15H,3,8,12-13H2,1-2H3/t15-,18+/m1/s1. The molecule has 2 atom stereocenters. The number of likely N-dealkylation sites (N-methyl/N-ethyl adjacent to an activating group) is 1. The van der Waals surface area contributed by atoms with E-state index in [4.69, 9.17) is 44.3 Å². The minimum atomic E-state index is -1.71. The van der Waals surface area contributed by atoms with Gasteiger partial charge in [-0.2, -0.15) is 0 Å². The Bertz CT molecular complexity index is 690. The molecule has 1 aromatic rings. The largest absolute Gasteiger partial charge is 0.465 e. The predicted molar refractivity (Wildman–Crippen MR) is 106 cm³/mol. The molecule has 0 N–H and O–H groups in total. The number of carbonyl (C=O) groups is 2. The van der Waals surface area contributed by atoms with Gasteiger partial charge in [0.2, 0.25) is 3.79 Å². The lowest BCUT2D eigenvalue weighted by molar-refractivity contribution is -0.152. The number of hydrogen-bond acceptors (Lipinski definition) is 4. The lowest BCUT2D eigenvalue weighted by atomic mass is 9.68. The zero-order valence-electron chi connectivity index (χ0n) is 15.2. The van der Waals surface area contributed by atoms with Crippen molar-refractivity contribution < 1.29 is 19.1 Å². The molecule has 0 unspecified atom stereocenters. The van der Waals surface area contributed by atoms with Gasteiger partial charge in [0.25, 0.3) is 0 Å². The van der Waals surface area contributed by atoms with E-state index in [9.17, 15) is 9.59 Å². The summed E-state index contributed by atoms with van der Waals surface area (Å²) in [6.07, 6.45) is 4.25. The van der Waals surface area contributed by atoms with E-state index in [-0.39, 0.29) is 12.6 Å². The van der Waals surface area contributed by atoms with Crippen molar-refractivity contribution in [3.05, 3.63) is 48.0 Å². The molecule has 0 saturated carbocycles. The molecule has 27 heavy (non-hydrogen) atoms. The number of halogens is 3. The molecule has 0 bridgehead atoms. The Morgan fingerprint density at radius 2 is 1.89 bits per heavy atom. The Kier molecular flexibility index (Phi) is 7.43. The van der Waals surface area contributed by atoms with Gasteiger partial charge in [-0.3, -0.25) is 4.79 Å². The van der Waals surface area contributed by atoms with E-state index in [1.165, 1.54) is 4.90 Å². The second kappa shape index (κ2) is 9.18. The van der Waals surface area contributed by atoms with Crippen LogP contribution in [0.3, 0.4) is 0 Å². The molecular weight excluding hydrogens is 413 g/mol. The third-order valence-corrected chi connectivity index (χ3v) is 4.85. The molecule has 1 aromatic carbocycles. The molecule has 0 aromatic heterocycles. The first-order chi connectivity index (χ1) is 12.7. The van der Waals surface area contributed by atoms with E-state index in [1.807, 2.05) is 42.5 Å². The van der Waals surface area contributed by atoms with Crippen molar-refractivity contribution in [3.63, 3.8) is 0 Å². The number of nitrogens with zero attached hydrogens (tertiary/aromatic N) is 1. The Morgan fingerprint density at radius 3 is 2.48 bits per heavy atom. The normalized spacial score (nSPS) is 22.2. The van der Waals surface area contributed by atoms with Gasteiger partial charge in [0.15, 0.2) is 0 Å². The van der Waals surface area contributed by atoms with Crippen LogP contribution in [0.2, 0.25) is 0 Å². The minimum absolute atomic E-state index is 0.241. The topological polar surface area (TPSA) is 55.8 Å². The molecule has 1 amide bonds. The summed E-state index contributed by atoms with van der Waals surface area (Å²) in [6.45, 7) is 1.60. The summed E-state index contributed by atoms with van der Waals surface area (Å²) < 4.78 is 8.78. The van der Waals surface area contributed by atoms with Crippen LogP contribution in [-0.4, -0.2) is 47.1 Å². The Hall–Kier alpha value is -1.43. The molecule has 5 nitrogen and oxygen atoms in total. The van der Waals surface area contributed by atoms with Crippen LogP contribution in [0.4, 0.5) is 4.79 Å². The van der Waals surface area contributed by atoms with E-state index in [0.717, 1.165) is 5.56 Å². The van der Waals surface area contributed by atoms with E-state index in [2.05, 4.69) is 0 Å². The first kappa shape index (κ1) is 21.9. The number of benzene rings is 1. The molecule has 0 aliphatic heterocycles. The molecule has 1 aliphatic rings. The highest BCUT2D eigenvalue weighted by atomic mass is 35.6. The summed E-state index contributed by atoms with van der Waals surface area (Å²) in [7, 11) is 1.55. The van der Waals surface area contributed by atoms with Crippen molar-refractivity contribution in [1.82, 2.24) is 4.90 Å². The molecule has 0 saturated heterocycles. The highest BCUT2D eigenvalue weighted by molar-refractivity contribution is 6.67. The summed E-state index contributed by atoms with van der Waals surface area (Å²) >= 11 is 17.0. The van der Waals surface area contributed by atoms with Crippen LogP contribution in [0.25, 0.3) is 0 Å². The number of esters is 1. The maximum Gasteiger partial charge on any atom is 0.410 e. The van der Waals surface area contributed by atoms with Crippen molar-refractivity contribution in [3.8, 4) is 0 Å². The van der Waals surface area contributed by atoms with Gasteiger partial charge in [0.1, 0.15) is 12.0 Å². The number of alkyl halides is 3. The summed E-state index contributed by atoms with van der Waals surface area (Å²) in [5, 5.41) is 0. The first-order valence-electron chi connectivity index (χ1n) is 8.58. The molecule has 8 heteroatoms. The number of amides is 1. The molecule has 0 fully saturated rings. The van der Waals surface area contributed by atoms with Crippen LogP contribution >= 0.6 is 34.8 Å². The van der Waals surface area contributed by atoms with Gasteiger partial charge in [-0.15, -0.1) is 0 Å². The predicted octanol–water partition coefficient (Wildman–Crippen LogP) is 4.64. The zero-order chi connectivity index (χ0) is 20.1. The lowest BCUT2D eigenvalue weighted by Gasteiger charge is -2.43. The zero-order valence-corrected chi connectivity index (χ0v) is 17.4. The summed E-state index contributed by atoms with van der Waals surface area (Å²) in [5.74, 6) is -0.383. The second-order valence-electron chi connectivity index (χ2n) is 6.25. The fourth-order valence-corrected chi connectivity index (χ4v) is 3.48. The average molecular weight is 435 g/mol. The third kappa shape index (κ3) is 5.09. The van der Waals surface area contributed by atoms with Crippen molar-refractivity contribution in [2.24, 2.45) is 0 Å². The molecule has 0 radical (unpaired) electrons. The average Bonchev–Trinajstić information content (AvgIpc) is 2.65. The van der Waals surface area contributed by atoms with Gasteiger partial charge in [-0.25, -0.2) is 4.79 Å². The van der Waals surface area contributed by atoms with E-state index >= 15 is 0 Å². The fourth-order valence-electron chi connectivity index (χ4n) is 3.32. The van der Waals surface area contributed by atoms with Gasteiger partial charge in [-0.05, 0) is 25.3 Å². The minimum Gasteiger partial charge on any atom is -0.465 e. The van der Waals surface area contributed by atoms with E-state index in [0.29, 0.717) is 12.8 Å². The summed E-state index contributed by atoms with van der Waals surface area (Å²) in [6, 6.07) is 8.71. The van der Waals surface area contributed by atoms with Crippen LogP contribution in [0, 0.1) is 0 Å². The number of rotatable bonds is 5. The van der Waals surface area contributed by atoms with Gasteiger partial charge in [0.05, 0.1) is 12.6 Å². The van der Waals surface area contributed by atoms with Crippen molar-refractivity contribution in [2.75, 3.05) is 20.3 Å². The van der Waals surface area contributed by atoms with E-state index in [1.54, 1.807) is 14.0 Å². The van der Waals surface area contributed by atoms with Crippen LogP contribution in [-0.2, 0) is 19.7 Å². The van der Waals surface area contributed by atoms with E-state index < -0.39 is 27.9 Å². The van der Waals surface area contributed by atoms with Crippen LogP contribution < -0.4 is 0 Å². The van der Waals surface area contributed by atoms with Gasteiger partial charge >= 0.3 is 12.1 Å². The molecule has 2 rings (SSSR count). The Morgan fingerprint density at radius 1 is 1.22 bits per heavy atom. The van der Waals surface area contributed by atoms with Gasteiger partial charge in [-0.1, -0.05) is 77.3 Å². The van der Waals surface area contributed by atoms with Crippen molar-refractivity contribution >= 4 is 46.9 Å². The van der Waals surface area contributed by atoms with Crippen LogP contribution in [0.1, 0.15) is 25.3 Å². The molecule has 1 aliphatic carbocycles. The molecule has 148 valence electrons. The van der Waals surface area contributed by atoms with Crippen LogP contribution in [0.5, 0.6) is 0 Å². The second-order valence-corrected chi connectivity index (χ2v) is 8.77. The fraction of sp³-hybridized carbons (Fsp3) is 0.474. The van der Waals surface area contributed by atoms with Crippen LogP contribution in [0.15, 0.2) is 42.5 Å². The molecule has 0 heterocycles. The van der Waals surface area contributed by atoms with Crippen molar-refractivity contribution in [2.45, 2.75) is 35.0 Å². The molecular formula is C19H22Cl3NO4. The maximum atomic E-state index is 13.1. The molecule has 0 spiro atoms. The highest BCUT2D eigenvalue weighted by Crippen LogP contribution is 2.40. The summed E-state index contributed by atoms with van der Waals surface area (Å²) in [4.78, 5) is 27.0. The Labute approximate surface area is 174 Å². The third-order valence-electron chi connectivity index (χ3n) is 4.52. The number of ether oxygens (including phenoxy) is 2. The van der Waals surface area contributed by atoms with Gasteiger partial charge in [0, 0.05) is 7.05 Å². The lowest BCUT2D eigenvalue weighted by Crippen LogP contribution is -2.56. The highest BCUT2D eigenvalue weighted by Gasteiger charge is 2.51. The van der Waals surface area contributed by atoms with Gasteiger partial charge < -0.3 is 14.4 Å². The smallest absolute Gasteiger partial charge is 0.410 e.